The average molecular weight is 425 g/mol. The molecule has 0 spiro atoms. The van der Waals surface area contributed by atoms with Gasteiger partial charge in [-0.15, -0.1) is 0 Å². The fraction of sp³-hybridized carbons (Fsp3) is 0.348. The summed E-state index contributed by atoms with van der Waals surface area (Å²) in [5, 5.41) is 4.00. The second-order valence-corrected chi connectivity index (χ2v) is 7.84. The Kier molecular flexibility index (Phi) is 5.63. The zero-order valence-electron chi connectivity index (χ0n) is 17.7. The molecule has 0 radical (unpaired) electrons. The number of amides is 1. The number of carbonyl (C=O) groups is 2. The molecule has 7 nitrogen and oxygen atoms in total. The molecule has 162 valence electrons. The van der Waals surface area contributed by atoms with Crippen molar-refractivity contribution in [2.24, 2.45) is 0 Å². The van der Waals surface area contributed by atoms with E-state index < -0.39 is 12.6 Å². The van der Waals surface area contributed by atoms with Crippen molar-refractivity contribution in [2.75, 3.05) is 6.61 Å². The van der Waals surface area contributed by atoms with Crippen LogP contribution in [0.2, 0.25) is 0 Å². The van der Waals surface area contributed by atoms with Crippen LogP contribution in [0.25, 0.3) is 5.82 Å². The number of esters is 1. The van der Waals surface area contributed by atoms with Crippen LogP contribution in [0.5, 0.6) is 0 Å². The molecule has 0 bridgehead atoms. The molecular weight excluding hydrogens is 401 g/mol. The third-order valence-corrected chi connectivity index (χ3v) is 5.43. The van der Waals surface area contributed by atoms with Gasteiger partial charge in [0.05, 0.1) is 5.56 Å². The highest BCUT2D eigenvalue weighted by atomic mass is 19.1. The van der Waals surface area contributed by atoms with E-state index in [0.29, 0.717) is 28.4 Å². The Morgan fingerprint density at radius 1 is 1.23 bits per heavy atom. The van der Waals surface area contributed by atoms with Gasteiger partial charge in [0, 0.05) is 35.6 Å². The molecule has 1 aliphatic rings. The van der Waals surface area contributed by atoms with Gasteiger partial charge >= 0.3 is 5.97 Å². The normalized spacial score (nSPS) is 13.3. The van der Waals surface area contributed by atoms with Crippen LogP contribution < -0.4 is 0 Å². The fourth-order valence-corrected chi connectivity index (χ4v) is 3.69. The molecule has 0 N–H and O–H groups in total. The van der Waals surface area contributed by atoms with Gasteiger partial charge in [-0.3, -0.25) is 9.36 Å². The Labute approximate surface area is 179 Å². The predicted molar refractivity (Wildman–Crippen MR) is 110 cm³/mol. The van der Waals surface area contributed by atoms with Crippen molar-refractivity contribution in [2.45, 2.75) is 46.2 Å². The third kappa shape index (κ3) is 4.38. The summed E-state index contributed by atoms with van der Waals surface area (Å²) in [5.74, 6) is -0.0391. The standard InChI is InChI=1S/C23H24FN3O4/c1-14-10-19(16(3)27(14)21-11-15(2)31-25-21)23(29)30-13-22(28)26(18-8-9-18)12-17-6-4-5-7-20(17)24/h4-7,10-11,18H,8-9,12-13H2,1-3H3. The first-order valence-corrected chi connectivity index (χ1v) is 10.2. The lowest BCUT2D eigenvalue weighted by molar-refractivity contribution is -0.135. The topological polar surface area (TPSA) is 77.6 Å². The molecule has 0 aliphatic heterocycles. The number of hydrogen-bond donors (Lipinski definition) is 0. The van der Waals surface area contributed by atoms with Crippen LogP contribution in [-0.2, 0) is 16.1 Å². The van der Waals surface area contributed by atoms with E-state index in [1.54, 1.807) is 53.6 Å². The van der Waals surface area contributed by atoms with Crippen molar-refractivity contribution in [3.63, 3.8) is 0 Å². The third-order valence-electron chi connectivity index (χ3n) is 5.43. The van der Waals surface area contributed by atoms with Crippen molar-refractivity contribution < 1.29 is 23.2 Å². The van der Waals surface area contributed by atoms with E-state index in [4.69, 9.17) is 9.26 Å². The molecular formula is C23H24FN3O4. The van der Waals surface area contributed by atoms with Crippen LogP contribution in [0.3, 0.4) is 0 Å². The Hall–Kier alpha value is -3.42. The molecule has 0 atom stereocenters. The lowest BCUT2D eigenvalue weighted by atomic mass is 10.2. The predicted octanol–water partition coefficient (Wildman–Crippen LogP) is 3.88. The van der Waals surface area contributed by atoms with Gasteiger partial charge < -0.3 is 14.2 Å². The molecule has 0 unspecified atom stereocenters. The zero-order valence-corrected chi connectivity index (χ0v) is 17.7. The number of benzene rings is 1. The number of aryl methyl sites for hydroxylation is 2. The second-order valence-electron chi connectivity index (χ2n) is 7.84. The quantitative estimate of drug-likeness (QED) is 0.537. The molecule has 8 heteroatoms. The lowest BCUT2D eigenvalue weighted by Gasteiger charge is -2.22. The van der Waals surface area contributed by atoms with Crippen LogP contribution in [0.4, 0.5) is 4.39 Å². The van der Waals surface area contributed by atoms with E-state index in [1.807, 2.05) is 6.92 Å². The summed E-state index contributed by atoms with van der Waals surface area (Å²) >= 11 is 0. The molecule has 2 aromatic heterocycles. The number of hydrogen-bond acceptors (Lipinski definition) is 5. The van der Waals surface area contributed by atoms with Crippen LogP contribution in [0.1, 0.15) is 45.9 Å². The number of rotatable bonds is 7. The van der Waals surface area contributed by atoms with E-state index in [0.717, 1.165) is 18.5 Å². The van der Waals surface area contributed by atoms with E-state index in [2.05, 4.69) is 5.16 Å². The molecule has 1 amide bonds. The molecule has 3 aromatic rings. The SMILES string of the molecule is Cc1cc(-n2c(C)cc(C(=O)OCC(=O)N(Cc3ccccc3F)C3CC3)c2C)no1. The summed E-state index contributed by atoms with van der Waals surface area (Å²) in [4.78, 5) is 27.0. The van der Waals surface area contributed by atoms with Gasteiger partial charge in [0.25, 0.3) is 5.91 Å². The summed E-state index contributed by atoms with van der Waals surface area (Å²) in [6.07, 6.45) is 1.73. The zero-order chi connectivity index (χ0) is 22.1. The maximum absolute atomic E-state index is 14.0. The number of carbonyl (C=O) groups excluding carboxylic acids is 2. The van der Waals surface area contributed by atoms with E-state index in [9.17, 15) is 14.0 Å². The Morgan fingerprint density at radius 3 is 2.61 bits per heavy atom. The Balaban J connectivity index is 1.44. The van der Waals surface area contributed by atoms with Crippen molar-refractivity contribution >= 4 is 11.9 Å². The first-order valence-electron chi connectivity index (χ1n) is 10.2. The Morgan fingerprint density at radius 2 is 1.97 bits per heavy atom. The monoisotopic (exact) mass is 425 g/mol. The maximum Gasteiger partial charge on any atom is 0.340 e. The summed E-state index contributed by atoms with van der Waals surface area (Å²) in [6.45, 7) is 5.19. The van der Waals surface area contributed by atoms with Gasteiger partial charge in [-0.05, 0) is 45.7 Å². The summed E-state index contributed by atoms with van der Waals surface area (Å²) < 4.78 is 26.3. The fourth-order valence-electron chi connectivity index (χ4n) is 3.69. The van der Waals surface area contributed by atoms with Crippen LogP contribution in [0.15, 0.2) is 40.9 Å². The van der Waals surface area contributed by atoms with Crippen molar-refractivity contribution in [3.8, 4) is 5.82 Å². The highest BCUT2D eigenvalue weighted by Gasteiger charge is 2.33. The van der Waals surface area contributed by atoms with Crippen molar-refractivity contribution in [1.29, 1.82) is 0 Å². The molecule has 1 saturated carbocycles. The van der Waals surface area contributed by atoms with Crippen molar-refractivity contribution in [3.05, 3.63) is 70.5 Å². The minimum absolute atomic E-state index is 0.0614. The summed E-state index contributed by atoms with van der Waals surface area (Å²) in [6, 6.07) is 9.91. The highest BCUT2D eigenvalue weighted by molar-refractivity contribution is 5.93. The second kappa shape index (κ2) is 8.37. The minimum Gasteiger partial charge on any atom is -0.452 e. The minimum atomic E-state index is -0.588. The van der Waals surface area contributed by atoms with Gasteiger partial charge in [-0.1, -0.05) is 23.4 Å². The van der Waals surface area contributed by atoms with E-state index in [-0.39, 0.29) is 24.3 Å². The number of halogens is 1. The van der Waals surface area contributed by atoms with Gasteiger partial charge in [-0.25, -0.2) is 9.18 Å². The lowest BCUT2D eigenvalue weighted by Crippen LogP contribution is -2.36. The molecule has 0 saturated heterocycles. The summed E-state index contributed by atoms with van der Waals surface area (Å²) in [5.41, 5.74) is 2.25. The largest absolute Gasteiger partial charge is 0.452 e. The molecule has 4 rings (SSSR count). The van der Waals surface area contributed by atoms with Gasteiger partial charge in [-0.2, -0.15) is 0 Å². The first kappa shape index (κ1) is 20.8. The Bertz CT molecular complexity index is 1130. The first-order chi connectivity index (χ1) is 14.8. The molecule has 1 fully saturated rings. The van der Waals surface area contributed by atoms with Crippen molar-refractivity contribution in [1.82, 2.24) is 14.6 Å². The number of nitrogens with zero attached hydrogens (tertiary/aromatic N) is 3. The van der Waals surface area contributed by atoms with E-state index >= 15 is 0 Å². The summed E-state index contributed by atoms with van der Waals surface area (Å²) in [7, 11) is 0. The van der Waals surface area contributed by atoms with Gasteiger partial charge in [0.2, 0.25) is 0 Å². The molecule has 1 aromatic carbocycles. The van der Waals surface area contributed by atoms with Crippen LogP contribution >= 0.6 is 0 Å². The maximum atomic E-state index is 14.0. The average Bonchev–Trinajstić information content (AvgIpc) is 3.42. The molecule has 2 heterocycles. The number of aromatic nitrogens is 2. The van der Waals surface area contributed by atoms with Gasteiger partial charge in [0.1, 0.15) is 11.6 Å². The smallest absolute Gasteiger partial charge is 0.340 e. The van der Waals surface area contributed by atoms with E-state index in [1.165, 1.54) is 6.07 Å². The van der Waals surface area contributed by atoms with Crippen LogP contribution in [0, 0.1) is 26.6 Å². The van der Waals surface area contributed by atoms with Gasteiger partial charge in [0.15, 0.2) is 12.4 Å². The molecule has 1 aliphatic carbocycles. The molecule has 31 heavy (non-hydrogen) atoms. The highest BCUT2D eigenvalue weighted by Crippen LogP contribution is 2.29. The number of ether oxygens (including phenoxy) is 1. The van der Waals surface area contributed by atoms with Crippen LogP contribution in [-0.4, -0.2) is 39.1 Å².